The highest BCUT2D eigenvalue weighted by Crippen LogP contribution is 2.08. The first-order valence-electron chi connectivity index (χ1n) is 4.20. The second-order valence-electron chi connectivity index (χ2n) is 3.40. The topological polar surface area (TPSA) is 41.5 Å². The second-order valence-corrected chi connectivity index (χ2v) is 3.40. The van der Waals surface area contributed by atoms with Crippen molar-refractivity contribution >= 4 is 0 Å². The van der Waals surface area contributed by atoms with Crippen molar-refractivity contribution in [3.05, 3.63) is 0 Å². The van der Waals surface area contributed by atoms with Gasteiger partial charge in [-0.1, -0.05) is 13.8 Å². The number of aliphatic hydroxyl groups excluding tert-OH is 1. The van der Waals surface area contributed by atoms with Gasteiger partial charge in [0.2, 0.25) is 0 Å². The van der Waals surface area contributed by atoms with E-state index < -0.39 is 0 Å². The third-order valence-electron chi connectivity index (χ3n) is 2.13. The van der Waals surface area contributed by atoms with Crippen LogP contribution in [0, 0.1) is 5.92 Å². The first kappa shape index (κ1) is 8.97. The summed E-state index contributed by atoms with van der Waals surface area (Å²) in [7, 11) is 0. The number of rotatable bonds is 2. The van der Waals surface area contributed by atoms with Gasteiger partial charge in [-0.2, -0.15) is 0 Å². The van der Waals surface area contributed by atoms with Gasteiger partial charge in [-0.25, -0.2) is 0 Å². The molecule has 0 radical (unpaired) electrons. The minimum absolute atomic E-state index is 0.00463. The zero-order chi connectivity index (χ0) is 8.27. The van der Waals surface area contributed by atoms with E-state index in [0.29, 0.717) is 12.0 Å². The fourth-order valence-electron chi connectivity index (χ4n) is 1.19. The Labute approximate surface area is 67.7 Å². The Hall–Kier alpha value is -0.120. The van der Waals surface area contributed by atoms with Gasteiger partial charge < -0.3 is 15.2 Å². The molecule has 0 aromatic carbocycles. The molecule has 1 heterocycles. The lowest BCUT2D eigenvalue weighted by Gasteiger charge is -2.31. The molecular formula is C8H17NO2. The Kier molecular flexibility index (Phi) is 3.30. The van der Waals surface area contributed by atoms with Crippen molar-refractivity contribution in [2.75, 3.05) is 19.8 Å². The summed E-state index contributed by atoms with van der Waals surface area (Å²) in [5, 5.41) is 12.1. The Morgan fingerprint density at radius 1 is 1.64 bits per heavy atom. The van der Waals surface area contributed by atoms with Gasteiger partial charge in [-0.3, -0.25) is 0 Å². The molecule has 1 rings (SSSR count). The highest BCUT2D eigenvalue weighted by Gasteiger charge is 2.21. The van der Waals surface area contributed by atoms with Crippen molar-refractivity contribution < 1.29 is 9.84 Å². The highest BCUT2D eigenvalue weighted by atomic mass is 16.5. The van der Waals surface area contributed by atoms with Gasteiger partial charge in [0.15, 0.2) is 0 Å². The van der Waals surface area contributed by atoms with Gasteiger partial charge in [0.05, 0.1) is 19.3 Å². The van der Waals surface area contributed by atoms with Crippen molar-refractivity contribution in [1.82, 2.24) is 5.32 Å². The van der Waals surface area contributed by atoms with E-state index in [-0.39, 0.29) is 12.7 Å². The summed E-state index contributed by atoms with van der Waals surface area (Å²) < 4.78 is 5.39. The molecule has 0 aromatic rings. The summed E-state index contributed by atoms with van der Waals surface area (Å²) in [6.07, 6.45) is 0.00463. The van der Waals surface area contributed by atoms with Gasteiger partial charge in [0.25, 0.3) is 0 Å². The zero-order valence-corrected chi connectivity index (χ0v) is 7.21. The van der Waals surface area contributed by atoms with Crippen LogP contribution in [-0.4, -0.2) is 37.0 Å². The predicted octanol–water partition coefficient (Wildman–Crippen LogP) is -0.00830. The maximum Gasteiger partial charge on any atom is 0.0930 e. The van der Waals surface area contributed by atoms with Crippen molar-refractivity contribution in [3.63, 3.8) is 0 Å². The van der Waals surface area contributed by atoms with Crippen LogP contribution in [0.25, 0.3) is 0 Å². The van der Waals surface area contributed by atoms with Gasteiger partial charge in [-0.05, 0) is 5.92 Å². The summed E-state index contributed by atoms with van der Waals surface area (Å²) >= 11 is 0. The van der Waals surface area contributed by atoms with E-state index in [9.17, 15) is 0 Å². The van der Waals surface area contributed by atoms with Gasteiger partial charge in [-0.15, -0.1) is 0 Å². The SMILES string of the molecule is CC(C)[C@H]1CO[C@@H](CO)CN1. The molecule has 1 saturated heterocycles. The molecule has 0 saturated carbocycles. The van der Waals surface area contributed by atoms with Crippen molar-refractivity contribution in [2.45, 2.75) is 26.0 Å². The van der Waals surface area contributed by atoms with E-state index in [0.717, 1.165) is 13.2 Å². The van der Waals surface area contributed by atoms with Crippen LogP contribution < -0.4 is 5.32 Å². The molecule has 0 bridgehead atoms. The Bertz CT molecular complexity index is 109. The van der Waals surface area contributed by atoms with E-state index in [4.69, 9.17) is 9.84 Å². The average Bonchev–Trinajstić information content (AvgIpc) is 2.05. The first-order chi connectivity index (χ1) is 5.24. The highest BCUT2D eigenvalue weighted by molar-refractivity contribution is 4.77. The number of nitrogens with one attached hydrogen (secondary N) is 1. The minimum atomic E-state index is 0.00463. The largest absolute Gasteiger partial charge is 0.394 e. The summed E-state index contributed by atoms with van der Waals surface area (Å²) in [6, 6.07) is 0.456. The molecule has 0 spiro atoms. The van der Waals surface area contributed by atoms with Gasteiger partial charge >= 0.3 is 0 Å². The third kappa shape index (κ3) is 2.43. The van der Waals surface area contributed by atoms with Crippen LogP contribution in [0.15, 0.2) is 0 Å². The van der Waals surface area contributed by atoms with Gasteiger partial charge in [0.1, 0.15) is 0 Å². The van der Waals surface area contributed by atoms with E-state index in [1.165, 1.54) is 0 Å². The van der Waals surface area contributed by atoms with E-state index >= 15 is 0 Å². The molecule has 66 valence electrons. The van der Waals surface area contributed by atoms with Crippen LogP contribution in [0.3, 0.4) is 0 Å². The number of ether oxygens (including phenoxy) is 1. The lowest BCUT2D eigenvalue weighted by atomic mass is 10.0. The van der Waals surface area contributed by atoms with Crippen LogP contribution >= 0.6 is 0 Å². The van der Waals surface area contributed by atoms with Crippen LogP contribution in [-0.2, 0) is 4.74 Å². The Morgan fingerprint density at radius 2 is 2.36 bits per heavy atom. The Balaban J connectivity index is 2.24. The lowest BCUT2D eigenvalue weighted by molar-refractivity contribution is -0.0330. The normalized spacial score (nSPS) is 32.7. The molecule has 2 atom stereocenters. The lowest BCUT2D eigenvalue weighted by Crippen LogP contribution is -2.49. The Morgan fingerprint density at radius 3 is 2.73 bits per heavy atom. The summed E-state index contributed by atoms with van der Waals surface area (Å²) in [5.41, 5.74) is 0. The number of hydrogen-bond acceptors (Lipinski definition) is 3. The summed E-state index contributed by atoms with van der Waals surface area (Å²) in [5.74, 6) is 0.606. The zero-order valence-electron chi connectivity index (χ0n) is 7.21. The molecule has 11 heavy (non-hydrogen) atoms. The van der Waals surface area contributed by atoms with Crippen molar-refractivity contribution in [2.24, 2.45) is 5.92 Å². The molecular weight excluding hydrogens is 142 g/mol. The number of aliphatic hydroxyl groups is 1. The molecule has 1 fully saturated rings. The fraction of sp³-hybridized carbons (Fsp3) is 1.00. The monoisotopic (exact) mass is 159 g/mol. The molecule has 0 aromatic heterocycles. The quantitative estimate of drug-likeness (QED) is 0.595. The average molecular weight is 159 g/mol. The number of hydrogen-bond donors (Lipinski definition) is 2. The summed E-state index contributed by atoms with van der Waals surface area (Å²) in [6.45, 7) is 5.96. The molecule has 0 unspecified atom stereocenters. The van der Waals surface area contributed by atoms with Crippen LogP contribution in [0.2, 0.25) is 0 Å². The minimum Gasteiger partial charge on any atom is -0.394 e. The predicted molar refractivity (Wildman–Crippen MR) is 43.5 cm³/mol. The molecule has 3 nitrogen and oxygen atoms in total. The summed E-state index contributed by atoms with van der Waals surface area (Å²) in [4.78, 5) is 0. The van der Waals surface area contributed by atoms with E-state index in [2.05, 4.69) is 19.2 Å². The van der Waals surface area contributed by atoms with Crippen LogP contribution in [0.5, 0.6) is 0 Å². The van der Waals surface area contributed by atoms with Crippen LogP contribution in [0.1, 0.15) is 13.8 Å². The van der Waals surface area contributed by atoms with Crippen molar-refractivity contribution in [3.8, 4) is 0 Å². The van der Waals surface area contributed by atoms with E-state index in [1.807, 2.05) is 0 Å². The second kappa shape index (κ2) is 4.04. The maximum atomic E-state index is 8.75. The maximum absolute atomic E-state index is 8.75. The van der Waals surface area contributed by atoms with Crippen LogP contribution in [0.4, 0.5) is 0 Å². The molecule has 1 aliphatic heterocycles. The fourth-order valence-corrected chi connectivity index (χ4v) is 1.19. The van der Waals surface area contributed by atoms with E-state index in [1.54, 1.807) is 0 Å². The van der Waals surface area contributed by atoms with Gasteiger partial charge in [0, 0.05) is 12.6 Å². The smallest absolute Gasteiger partial charge is 0.0930 e. The number of morpholine rings is 1. The molecule has 2 N–H and O–H groups in total. The van der Waals surface area contributed by atoms with Crippen molar-refractivity contribution in [1.29, 1.82) is 0 Å². The third-order valence-corrected chi connectivity index (χ3v) is 2.13. The standard InChI is InChI=1S/C8H17NO2/c1-6(2)8-5-11-7(4-10)3-9-8/h6-10H,3-5H2,1-2H3/t7-,8-/m1/s1. The molecule has 0 aliphatic carbocycles. The first-order valence-corrected chi connectivity index (χ1v) is 4.20. The molecule has 1 aliphatic rings. The molecule has 3 heteroatoms. The molecule has 0 amide bonds.